The third-order valence-corrected chi connectivity index (χ3v) is 6.74. The highest BCUT2D eigenvalue weighted by Crippen LogP contribution is 2.33. The van der Waals surface area contributed by atoms with Crippen LogP contribution in [0.15, 0.2) is 42.6 Å². The molecule has 2 atom stereocenters. The predicted molar refractivity (Wildman–Crippen MR) is 122 cm³/mol. The van der Waals surface area contributed by atoms with Gasteiger partial charge in [-0.05, 0) is 73.0 Å². The molecule has 1 unspecified atom stereocenters. The zero-order valence-electron chi connectivity index (χ0n) is 19.6. The van der Waals surface area contributed by atoms with Crippen molar-refractivity contribution < 1.29 is 22.4 Å². The Morgan fingerprint density at radius 1 is 1.11 bits per heavy atom. The molecule has 0 bridgehead atoms. The normalized spacial score (nSPS) is 20.4. The van der Waals surface area contributed by atoms with Crippen LogP contribution in [0.2, 0.25) is 0 Å². The molecule has 8 nitrogen and oxygen atoms in total. The molecule has 2 aromatic heterocycles. The first kappa shape index (κ1) is 24.1. The molecular formula is C24H25F4N7O. The average Bonchev–Trinajstić information content (AvgIpc) is 3.62. The number of halogens is 4. The van der Waals surface area contributed by atoms with Crippen LogP contribution in [0.25, 0.3) is 5.69 Å². The van der Waals surface area contributed by atoms with Crippen LogP contribution in [-0.4, -0.2) is 67.8 Å². The van der Waals surface area contributed by atoms with E-state index in [-0.39, 0.29) is 24.4 Å². The van der Waals surface area contributed by atoms with Crippen molar-refractivity contribution in [3.8, 4) is 5.69 Å². The van der Waals surface area contributed by atoms with Gasteiger partial charge in [0.15, 0.2) is 5.82 Å². The first-order valence-electron chi connectivity index (χ1n) is 11.8. The number of tetrazole rings is 1. The number of alkyl halides is 4. The van der Waals surface area contributed by atoms with Crippen LogP contribution < -0.4 is 4.90 Å². The fraction of sp³-hybridized carbons (Fsp3) is 0.458. The number of carbonyl (C=O) groups excluding carboxylic acids is 1. The van der Waals surface area contributed by atoms with Gasteiger partial charge in [0.25, 0.3) is 5.91 Å². The van der Waals surface area contributed by atoms with Crippen LogP contribution in [0.3, 0.4) is 0 Å². The van der Waals surface area contributed by atoms with E-state index in [1.165, 1.54) is 6.07 Å². The van der Waals surface area contributed by atoms with Crippen molar-refractivity contribution in [3.05, 3.63) is 59.5 Å². The van der Waals surface area contributed by atoms with E-state index < -0.39 is 17.9 Å². The molecule has 1 saturated carbocycles. The Labute approximate surface area is 204 Å². The van der Waals surface area contributed by atoms with E-state index in [1.54, 1.807) is 45.7 Å². The third kappa shape index (κ3) is 5.02. The number of hydrogen-bond donors (Lipinski definition) is 0. The number of benzene rings is 1. The van der Waals surface area contributed by atoms with E-state index in [0.29, 0.717) is 36.7 Å². The molecule has 0 radical (unpaired) electrons. The summed E-state index contributed by atoms with van der Waals surface area (Å²) in [5, 5.41) is 11.4. The molecule has 12 heteroatoms. The highest BCUT2D eigenvalue weighted by atomic mass is 19.4. The SMILES string of the molecule is Cc1nnnn1-c1ccc(C(=O)N(CC2CCN(c3ccc(C(F)(F)F)cn3)C[C@@H]2F)C2CC2)cc1. The standard InChI is InChI=1S/C24H25F4N7O/c1-15-30-31-32-35(15)20-5-2-16(3-6-20)23(36)34(19-7-8-19)13-17-10-11-33(14-21(17)25)22-9-4-18(12-29-22)24(26,27)28/h2-6,9,12,17,19,21H,7-8,10-11,13-14H2,1H3/t17?,21-/m0/s1. The lowest BCUT2D eigenvalue weighted by atomic mass is 9.93. The van der Waals surface area contributed by atoms with Gasteiger partial charge < -0.3 is 9.80 Å². The van der Waals surface area contributed by atoms with Gasteiger partial charge in [0.2, 0.25) is 0 Å². The summed E-state index contributed by atoms with van der Waals surface area (Å²) in [6.45, 7) is 2.55. The molecule has 2 aliphatic rings. The minimum Gasteiger partial charge on any atom is -0.354 e. The van der Waals surface area contributed by atoms with Gasteiger partial charge in [-0.1, -0.05) is 0 Å². The van der Waals surface area contributed by atoms with Gasteiger partial charge >= 0.3 is 6.18 Å². The molecular weight excluding hydrogens is 478 g/mol. The van der Waals surface area contributed by atoms with Crippen molar-refractivity contribution in [2.45, 2.75) is 44.6 Å². The number of piperidine rings is 1. The molecule has 5 rings (SSSR count). The maximum absolute atomic E-state index is 15.2. The van der Waals surface area contributed by atoms with Crippen molar-refractivity contribution in [1.82, 2.24) is 30.1 Å². The van der Waals surface area contributed by atoms with E-state index >= 15 is 4.39 Å². The van der Waals surface area contributed by atoms with E-state index in [9.17, 15) is 18.0 Å². The lowest BCUT2D eigenvalue weighted by molar-refractivity contribution is -0.137. The van der Waals surface area contributed by atoms with Crippen LogP contribution in [-0.2, 0) is 6.18 Å². The van der Waals surface area contributed by atoms with Gasteiger partial charge in [-0.2, -0.15) is 17.9 Å². The summed E-state index contributed by atoms with van der Waals surface area (Å²) in [5.41, 5.74) is 0.413. The zero-order chi connectivity index (χ0) is 25.4. The van der Waals surface area contributed by atoms with E-state index in [4.69, 9.17) is 0 Å². The summed E-state index contributed by atoms with van der Waals surface area (Å²) in [6, 6.07) is 9.32. The molecule has 1 aromatic carbocycles. The van der Waals surface area contributed by atoms with Crippen LogP contribution in [0.4, 0.5) is 23.4 Å². The lowest BCUT2D eigenvalue weighted by Gasteiger charge is -2.38. The molecule has 1 aliphatic heterocycles. The van der Waals surface area contributed by atoms with Gasteiger partial charge in [0.1, 0.15) is 12.0 Å². The Hall–Kier alpha value is -3.57. The lowest BCUT2D eigenvalue weighted by Crippen LogP contribution is -2.48. The van der Waals surface area contributed by atoms with Crippen LogP contribution in [0, 0.1) is 12.8 Å². The van der Waals surface area contributed by atoms with Gasteiger partial charge in [-0.3, -0.25) is 4.79 Å². The van der Waals surface area contributed by atoms with Crippen LogP contribution in [0.1, 0.15) is 41.0 Å². The second kappa shape index (κ2) is 9.47. The smallest absolute Gasteiger partial charge is 0.354 e. The van der Waals surface area contributed by atoms with Gasteiger partial charge in [0, 0.05) is 36.8 Å². The Morgan fingerprint density at radius 2 is 1.86 bits per heavy atom. The number of rotatable bonds is 6. The molecule has 0 spiro atoms. The van der Waals surface area contributed by atoms with Crippen molar-refractivity contribution in [3.63, 3.8) is 0 Å². The van der Waals surface area contributed by atoms with E-state index in [1.807, 2.05) is 0 Å². The Kier molecular flexibility index (Phi) is 6.35. The third-order valence-electron chi connectivity index (χ3n) is 6.74. The summed E-state index contributed by atoms with van der Waals surface area (Å²) in [5.74, 6) is 0.442. The maximum atomic E-state index is 15.2. The van der Waals surface area contributed by atoms with Crippen molar-refractivity contribution in [2.24, 2.45) is 5.92 Å². The molecule has 190 valence electrons. The highest BCUT2D eigenvalue weighted by Gasteiger charge is 2.38. The summed E-state index contributed by atoms with van der Waals surface area (Å²) < 4.78 is 55.2. The maximum Gasteiger partial charge on any atom is 0.417 e. The Balaban J connectivity index is 1.23. The second-order valence-corrected chi connectivity index (χ2v) is 9.29. The molecule has 2 fully saturated rings. The molecule has 3 aromatic rings. The fourth-order valence-corrected chi connectivity index (χ4v) is 4.53. The topological polar surface area (TPSA) is 80.0 Å². The molecule has 0 N–H and O–H groups in total. The second-order valence-electron chi connectivity index (χ2n) is 9.29. The van der Waals surface area contributed by atoms with Gasteiger partial charge in [-0.25, -0.2) is 9.37 Å². The van der Waals surface area contributed by atoms with E-state index in [2.05, 4.69) is 20.5 Å². The van der Waals surface area contributed by atoms with Gasteiger partial charge in [-0.15, -0.1) is 5.10 Å². The summed E-state index contributed by atoms with van der Waals surface area (Å²) in [7, 11) is 0. The molecule has 36 heavy (non-hydrogen) atoms. The summed E-state index contributed by atoms with van der Waals surface area (Å²) >= 11 is 0. The van der Waals surface area contributed by atoms with Crippen molar-refractivity contribution in [1.29, 1.82) is 0 Å². The summed E-state index contributed by atoms with van der Waals surface area (Å²) in [6.07, 6.45) is -2.68. The molecule has 1 saturated heterocycles. The zero-order valence-corrected chi connectivity index (χ0v) is 19.6. The molecule has 3 heterocycles. The predicted octanol–water partition coefficient (Wildman–Crippen LogP) is 3.85. The largest absolute Gasteiger partial charge is 0.417 e. The number of amides is 1. The quantitative estimate of drug-likeness (QED) is 0.476. The number of nitrogens with zero attached hydrogens (tertiary/aromatic N) is 7. The monoisotopic (exact) mass is 503 g/mol. The summed E-state index contributed by atoms with van der Waals surface area (Å²) in [4.78, 5) is 20.6. The number of carbonyl (C=O) groups is 1. The van der Waals surface area contributed by atoms with Gasteiger partial charge in [0.05, 0.1) is 17.8 Å². The number of anilines is 1. The molecule has 1 amide bonds. The average molecular weight is 504 g/mol. The van der Waals surface area contributed by atoms with Crippen LogP contribution in [0.5, 0.6) is 0 Å². The number of aryl methyl sites for hydroxylation is 1. The Morgan fingerprint density at radius 3 is 2.42 bits per heavy atom. The first-order valence-corrected chi connectivity index (χ1v) is 11.8. The van der Waals surface area contributed by atoms with Crippen molar-refractivity contribution >= 4 is 11.7 Å². The number of pyridine rings is 1. The highest BCUT2D eigenvalue weighted by molar-refractivity contribution is 5.94. The first-order chi connectivity index (χ1) is 17.2. The van der Waals surface area contributed by atoms with E-state index in [0.717, 1.165) is 30.8 Å². The van der Waals surface area contributed by atoms with Crippen molar-refractivity contribution in [2.75, 3.05) is 24.5 Å². The van der Waals surface area contributed by atoms with Crippen LogP contribution >= 0.6 is 0 Å². The fourth-order valence-electron chi connectivity index (χ4n) is 4.53. The Bertz CT molecular complexity index is 1210. The minimum absolute atomic E-state index is 0.0235. The number of aromatic nitrogens is 5. The minimum atomic E-state index is -4.47. The molecule has 1 aliphatic carbocycles. The number of hydrogen-bond acceptors (Lipinski definition) is 6.